The Morgan fingerprint density at radius 3 is 1.97 bits per heavy atom. The molecule has 6 atom stereocenters. The van der Waals surface area contributed by atoms with E-state index in [0.717, 1.165) is 0 Å². The van der Waals surface area contributed by atoms with E-state index in [1.54, 1.807) is 46.8 Å². The molecular weight excluding hydrogens is 412 g/mol. The number of carbonyl (C=O) groups is 3. The molecule has 0 aliphatic heterocycles. The minimum absolute atomic E-state index is 0.194. The van der Waals surface area contributed by atoms with Crippen LogP contribution in [-0.2, 0) is 23.9 Å². The maximum atomic E-state index is 13.5. The molecule has 180 valence electrons. The second-order valence-electron chi connectivity index (χ2n) is 10.1. The van der Waals surface area contributed by atoms with Crippen molar-refractivity contribution in [2.24, 2.45) is 17.3 Å². The lowest BCUT2D eigenvalue weighted by Crippen LogP contribution is -2.54. The van der Waals surface area contributed by atoms with E-state index in [0.29, 0.717) is 24.0 Å². The fourth-order valence-corrected chi connectivity index (χ4v) is 5.20. The first-order chi connectivity index (χ1) is 14.7. The van der Waals surface area contributed by atoms with Gasteiger partial charge in [0.15, 0.2) is 6.10 Å². The quantitative estimate of drug-likeness (QED) is 0.488. The Morgan fingerprint density at radius 2 is 1.50 bits per heavy atom. The molecule has 0 heterocycles. The van der Waals surface area contributed by atoms with Crippen LogP contribution in [0.2, 0.25) is 0 Å². The average Bonchev–Trinajstić information content (AvgIpc) is 2.98. The van der Waals surface area contributed by atoms with Crippen LogP contribution in [-0.4, -0.2) is 51.3 Å². The summed E-state index contributed by atoms with van der Waals surface area (Å²) in [6, 6.07) is 0. The summed E-state index contributed by atoms with van der Waals surface area (Å²) >= 11 is 0. The first-order valence-electron chi connectivity index (χ1n) is 11.3. The number of hydrogen-bond donors (Lipinski definition) is 2. The van der Waals surface area contributed by atoms with Crippen LogP contribution in [0, 0.1) is 17.3 Å². The topological polar surface area (TPSA) is 110 Å². The third-order valence-corrected chi connectivity index (χ3v) is 7.64. The first-order valence-corrected chi connectivity index (χ1v) is 11.3. The number of Topliss-reactive ketones (excluding diaryl/α,β-unsaturated/α-hetero) is 1. The van der Waals surface area contributed by atoms with Crippen molar-refractivity contribution in [3.63, 3.8) is 0 Å². The molecule has 7 heteroatoms. The first kappa shape index (κ1) is 26.3. The average molecular weight is 451 g/mol. The highest BCUT2D eigenvalue weighted by molar-refractivity contribution is 5.96. The molecule has 0 aromatic heterocycles. The molecule has 32 heavy (non-hydrogen) atoms. The summed E-state index contributed by atoms with van der Waals surface area (Å²) in [4.78, 5) is 38.8. The van der Waals surface area contributed by atoms with E-state index < -0.39 is 52.5 Å². The van der Waals surface area contributed by atoms with Crippen LogP contribution in [0.5, 0.6) is 0 Å². The minimum atomic E-state index is -1.91. The summed E-state index contributed by atoms with van der Waals surface area (Å²) in [6.07, 6.45) is 1.51. The van der Waals surface area contributed by atoms with Gasteiger partial charge < -0.3 is 19.7 Å². The number of ether oxygens (including phenoxy) is 2. The number of fused-ring (bicyclic) bond motifs is 1. The molecule has 2 saturated carbocycles. The molecule has 0 spiro atoms. The summed E-state index contributed by atoms with van der Waals surface area (Å²) in [5, 5.41) is 22.9. The second-order valence-corrected chi connectivity index (χ2v) is 10.1. The van der Waals surface area contributed by atoms with Crippen molar-refractivity contribution in [2.75, 3.05) is 0 Å². The van der Waals surface area contributed by atoms with Crippen LogP contribution >= 0.6 is 0 Å². The number of aliphatic hydroxyl groups is 2. The highest BCUT2D eigenvalue weighted by atomic mass is 16.6. The Hall–Kier alpha value is -1.99. The molecule has 0 aromatic carbocycles. The minimum Gasteiger partial charge on any atom is -0.458 e. The third kappa shape index (κ3) is 4.42. The molecule has 2 N–H and O–H groups in total. The zero-order chi connectivity index (χ0) is 24.6. The molecule has 2 aliphatic rings. The van der Waals surface area contributed by atoms with Gasteiger partial charge in [-0.3, -0.25) is 4.79 Å². The molecule has 2 aliphatic carbocycles. The predicted molar refractivity (Wildman–Crippen MR) is 119 cm³/mol. The van der Waals surface area contributed by atoms with Gasteiger partial charge in [-0.25, -0.2) is 9.59 Å². The summed E-state index contributed by atoms with van der Waals surface area (Å²) in [5.41, 5.74) is -3.49. The number of allylic oxidation sites excluding steroid dienone is 2. The molecule has 0 saturated heterocycles. The highest BCUT2D eigenvalue weighted by Crippen LogP contribution is 2.59. The molecular formula is C25H38O7. The Bertz CT molecular complexity index is 837. The maximum absolute atomic E-state index is 13.5. The summed E-state index contributed by atoms with van der Waals surface area (Å²) in [5.74, 6) is -2.80. The van der Waals surface area contributed by atoms with Crippen molar-refractivity contribution < 1.29 is 34.1 Å². The second kappa shape index (κ2) is 9.10. The predicted octanol–water partition coefficient (Wildman–Crippen LogP) is 3.27. The van der Waals surface area contributed by atoms with Crippen molar-refractivity contribution in [3.05, 3.63) is 23.3 Å². The summed E-state index contributed by atoms with van der Waals surface area (Å²) < 4.78 is 11.5. The van der Waals surface area contributed by atoms with Crippen LogP contribution in [0.15, 0.2) is 23.3 Å². The van der Waals surface area contributed by atoms with Gasteiger partial charge >= 0.3 is 11.9 Å². The van der Waals surface area contributed by atoms with E-state index in [-0.39, 0.29) is 12.3 Å². The van der Waals surface area contributed by atoms with Crippen molar-refractivity contribution in [1.29, 1.82) is 0 Å². The molecule has 1 unspecified atom stereocenters. The third-order valence-electron chi connectivity index (χ3n) is 7.64. The van der Waals surface area contributed by atoms with Crippen molar-refractivity contribution >= 4 is 17.7 Å². The van der Waals surface area contributed by atoms with Gasteiger partial charge in [0.1, 0.15) is 11.7 Å². The van der Waals surface area contributed by atoms with Crippen LogP contribution in [0.1, 0.15) is 74.7 Å². The van der Waals surface area contributed by atoms with Gasteiger partial charge in [-0.1, -0.05) is 32.9 Å². The van der Waals surface area contributed by atoms with E-state index in [9.17, 15) is 24.6 Å². The Kier molecular flexibility index (Phi) is 7.47. The molecule has 0 amide bonds. The standard InChI is InChI=1S/C25H38O7/c1-9-15(5)21(27)31-17-13-24(8,29)19(26)20(32-22(28)16(6)10-2)23(7)11-12-25(30,14(3)4)18(17)23/h9-10,14,17-18,20,29-30H,11-13H2,1-8H3/t17-,18?,20+,23-,24+,25+/m1/s1. The van der Waals surface area contributed by atoms with Crippen molar-refractivity contribution in [2.45, 2.75) is 98.1 Å². The maximum Gasteiger partial charge on any atom is 0.334 e. The summed E-state index contributed by atoms with van der Waals surface area (Å²) in [7, 11) is 0. The Labute approximate surface area is 190 Å². The number of esters is 2. The largest absolute Gasteiger partial charge is 0.458 e. The van der Waals surface area contributed by atoms with E-state index >= 15 is 0 Å². The van der Waals surface area contributed by atoms with Crippen LogP contribution in [0.4, 0.5) is 0 Å². The van der Waals surface area contributed by atoms with E-state index in [4.69, 9.17) is 9.47 Å². The SMILES string of the molecule is CC=C(C)C(=O)O[C@@H]1C[C@](C)(O)C(=O)[C@H](OC(=O)C(C)=CC)[C@]2(C)CC[C@](O)(C(C)C)C12. The van der Waals surface area contributed by atoms with Gasteiger partial charge in [0.25, 0.3) is 0 Å². The van der Waals surface area contributed by atoms with Gasteiger partial charge in [-0.2, -0.15) is 0 Å². The van der Waals surface area contributed by atoms with E-state index in [1.165, 1.54) is 6.92 Å². The number of hydrogen-bond acceptors (Lipinski definition) is 7. The van der Waals surface area contributed by atoms with Gasteiger partial charge in [0, 0.05) is 28.9 Å². The lowest BCUT2D eigenvalue weighted by atomic mass is 9.66. The zero-order valence-corrected chi connectivity index (χ0v) is 20.5. The lowest BCUT2D eigenvalue weighted by Gasteiger charge is -2.44. The number of rotatable bonds is 5. The van der Waals surface area contributed by atoms with Gasteiger partial charge in [0.2, 0.25) is 5.78 Å². The smallest absolute Gasteiger partial charge is 0.334 e. The van der Waals surface area contributed by atoms with Crippen LogP contribution in [0.25, 0.3) is 0 Å². The van der Waals surface area contributed by atoms with Gasteiger partial charge in [-0.05, 0) is 53.4 Å². The Balaban J connectivity index is 2.67. The lowest BCUT2D eigenvalue weighted by molar-refractivity contribution is -0.176. The van der Waals surface area contributed by atoms with Gasteiger partial charge in [0.05, 0.1) is 5.60 Å². The number of carbonyl (C=O) groups excluding carboxylic acids is 3. The molecule has 0 aromatic rings. The zero-order valence-electron chi connectivity index (χ0n) is 20.5. The van der Waals surface area contributed by atoms with Crippen molar-refractivity contribution in [1.82, 2.24) is 0 Å². The normalized spacial score (nSPS) is 38.3. The van der Waals surface area contributed by atoms with E-state index in [1.807, 2.05) is 13.8 Å². The highest BCUT2D eigenvalue weighted by Gasteiger charge is 2.68. The van der Waals surface area contributed by atoms with E-state index in [2.05, 4.69) is 0 Å². The number of ketones is 1. The van der Waals surface area contributed by atoms with Crippen LogP contribution in [0.3, 0.4) is 0 Å². The fourth-order valence-electron chi connectivity index (χ4n) is 5.20. The van der Waals surface area contributed by atoms with Crippen molar-refractivity contribution in [3.8, 4) is 0 Å². The Morgan fingerprint density at radius 1 is 1.00 bits per heavy atom. The molecule has 2 fully saturated rings. The molecule has 0 radical (unpaired) electrons. The molecule has 2 rings (SSSR count). The summed E-state index contributed by atoms with van der Waals surface area (Å²) in [6.45, 7) is 13.5. The molecule has 7 nitrogen and oxygen atoms in total. The fraction of sp³-hybridized carbons (Fsp3) is 0.720. The molecule has 0 bridgehead atoms. The monoisotopic (exact) mass is 450 g/mol. The van der Waals surface area contributed by atoms with Gasteiger partial charge in [-0.15, -0.1) is 0 Å². The van der Waals surface area contributed by atoms with Crippen LogP contribution < -0.4 is 0 Å².